The molecule has 1 aromatic heterocycles. The van der Waals surface area contributed by atoms with Crippen LogP contribution in [0.1, 0.15) is 12.5 Å². The second-order valence-corrected chi connectivity index (χ2v) is 3.78. The zero-order valence-corrected chi connectivity index (χ0v) is 9.95. The van der Waals surface area contributed by atoms with Gasteiger partial charge in [-0.2, -0.15) is 5.26 Å². The maximum absolute atomic E-state index is 9.14. The van der Waals surface area contributed by atoms with Gasteiger partial charge in [0.15, 0.2) is 0 Å². The normalized spacial score (nSPS) is 12.9. The molecule has 0 aliphatic heterocycles. The van der Waals surface area contributed by atoms with Gasteiger partial charge in [0.05, 0.1) is 11.4 Å². The number of hydrogen-bond acceptors (Lipinski definition) is 4. The fraction of sp³-hybridized carbons (Fsp3) is 0.182. The fourth-order valence-corrected chi connectivity index (χ4v) is 1.72. The van der Waals surface area contributed by atoms with Crippen molar-refractivity contribution >= 4 is 23.2 Å². The standard InChI is InChI=1S/C11H12N4S/c1-8(13)15-11(16-2)10(7-12)9-3-5-14-6-4-9/h3-6H,1-2H3,(H2,13,15)/b11-10-. The van der Waals surface area contributed by atoms with E-state index >= 15 is 0 Å². The van der Waals surface area contributed by atoms with Crippen molar-refractivity contribution in [2.45, 2.75) is 6.92 Å². The van der Waals surface area contributed by atoms with Gasteiger partial charge in [-0.25, -0.2) is 4.99 Å². The van der Waals surface area contributed by atoms with Gasteiger partial charge in [0.25, 0.3) is 0 Å². The molecular weight excluding hydrogens is 220 g/mol. The number of hydrogen-bond donors (Lipinski definition) is 1. The van der Waals surface area contributed by atoms with E-state index in [1.165, 1.54) is 11.8 Å². The lowest BCUT2D eigenvalue weighted by Crippen LogP contribution is -2.05. The molecule has 0 atom stereocenters. The molecule has 2 N–H and O–H groups in total. The van der Waals surface area contributed by atoms with Gasteiger partial charge in [-0.15, -0.1) is 11.8 Å². The van der Waals surface area contributed by atoms with E-state index in [0.717, 1.165) is 5.56 Å². The first-order valence-corrected chi connectivity index (χ1v) is 5.81. The third kappa shape index (κ3) is 3.11. The summed E-state index contributed by atoms with van der Waals surface area (Å²) in [4.78, 5) is 8.05. The first-order chi connectivity index (χ1) is 7.69. The van der Waals surface area contributed by atoms with Gasteiger partial charge in [-0.05, 0) is 30.9 Å². The zero-order chi connectivity index (χ0) is 12.0. The Kier molecular flexibility index (Phi) is 4.55. The molecule has 1 aromatic rings. The predicted octanol–water partition coefficient (Wildman–Crippen LogP) is 2.01. The molecule has 0 aliphatic carbocycles. The van der Waals surface area contributed by atoms with Crippen LogP contribution in [0.5, 0.6) is 0 Å². The summed E-state index contributed by atoms with van der Waals surface area (Å²) in [6.45, 7) is 1.69. The summed E-state index contributed by atoms with van der Waals surface area (Å²) in [6.07, 6.45) is 5.15. The van der Waals surface area contributed by atoms with E-state index in [1.54, 1.807) is 31.5 Å². The molecule has 0 radical (unpaired) electrons. The number of aromatic nitrogens is 1. The summed E-state index contributed by atoms with van der Waals surface area (Å²) in [5, 5.41) is 9.76. The SMILES string of the molecule is CSC(/N=C(\C)N)=C(/C#N)c1ccncc1. The van der Waals surface area contributed by atoms with E-state index in [-0.39, 0.29) is 0 Å². The van der Waals surface area contributed by atoms with E-state index in [4.69, 9.17) is 11.0 Å². The highest BCUT2D eigenvalue weighted by atomic mass is 32.2. The van der Waals surface area contributed by atoms with Crippen molar-refractivity contribution in [3.8, 4) is 6.07 Å². The Hall–Kier alpha value is -1.80. The van der Waals surface area contributed by atoms with Crippen LogP contribution in [-0.2, 0) is 0 Å². The Morgan fingerprint density at radius 3 is 2.56 bits per heavy atom. The Bertz CT molecular complexity index is 453. The van der Waals surface area contributed by atoms with Crippen LogP contribution in [0.2, 0.25) is 0 Å². The van der Waals surface area contributed by atoms with Crippen molar-refractivity contribution in [1.82, 2.24) is 4.98 Å². The van der Waals surface area contributed by atoms with Crippen LogP contribution >= 0.6 is 11.8 Å². The maximum Gasteiger partial charge on any atom is 0.116 e. The third-order valence-corrected chi connectivity index (χ3v) is 2.45. The van der Waals surface area contributed by atoms with E-state index < -0.39 is 0 Å². The quantitative estimate of drug-likeness (QED) is 0.491. The molecule has 1 rings (SSSR count). The number of amidine groups is 1. The molecular formula is C11H12N4S. The molecule has 0 aliphatic rings. The van der Waals surface area contributed by atoms with Crippen molar-refractivity contribution in [1.29, 1.82) is 5.26 Å². The van der Waals surface area contributed by atoms with Gasteiger partial charge < -0.3 is 5.73 Å². The molecule has 0 spiro atoms. The molecule has 0 aromatic carbocycles. The summed E-state index contributed by atoms with van der Waals surface area (Å²) in [5.41, 5.74) is 6.83. The van der Waals surface area contributed by atoms with E-state index in [1.807, 2.05) is 6.26 Å². The lowest BCUT2D eigenvalue weighted by molar-refractivity contribution is 1.31. The molecule has 5 heteroatoms. The largest absolute Gasteiger partial charge is 0.387 e. The molecule has 0 bridgehead atoms. The van der Waals surface area contributed by atoms with Crippen molar-refractivity contribution in [2.24, 2.45) is 10.7 Å². The van der Waals surface area contributed by atoms with Gasteiger partial charge in [-0.3, -0.25) is 4.98 Å². The number of thioether (sulfide) groups is 1. The molecule has 0 amide bonds. The summed E-state index contributed by atoms with van der Waals surface area (Å²) < 4.78 is 0. The number of nitriles is 1. The first-order valence-electron chi connectivity index (χ1n) is 4.58. The second kappa shape index (κ2) is 5.93. The van der Waals surface area contributed by atoms with Crippen molar-refractivity contribution in [3.63, 3.8) is 0 Å². The average Bonchev–Trinajstić information content (AvgIpc) is 2.29. The van der Waals surface area contributed by atoms with Crippen molar-refractivity contribution in [3.05, 3.63) is 35.1 Å². The van der Waals surface area contributed by atoms with E-state index in [9.17, 15) is 0 Å². The number of allylic oxidation sites excluding steroid dienone is 1. The Labute approximate surface area is 98.9 Å². The highest BCUT2D eigenvalue weighted by Crippen LogP contribution is 2.25. The summed E-state index contributed by atoms with van der Waals surface area (Å²) in [6, 6.07) is 5.69. The Morgan fingerprint density at radius 2 is 2.12 bits per heavy atom. The molecule has 0 saturated carbocycles. The molecule has 4 nitrogen and oxygen atoms in total. The number of aliphatic imine (C=N–C) groups is 1. The van der Waals surface area contributed by atoms with Crippen LogP contribution < -0.4 is 5.73 Å². The van der Waals surface area contributed by atoms with E-state index in [2.05, 4.69) is 16.0 Å². The van der Waals surface area contributed by atoms with Gasteiger partial charge in [0, 0.05) is 12.4 Å². The first kappa shape index (κ1) is 12.3. The van der Waals surface area contributed by atoms with Gasteiger partial charge in [0.2, 0.25) is 0 Å². The minimum absolute atomic E-state index is 0.436. The number of nitrogens with zero attached hydrogens (tertiary/aromatic N) is 3. The average molecular weight is 232 g/mol. The molecule has 82 valence electrons. The Morgan fingerprint density at radius 1 is 1.50 bits per heavy atom. The van der Waals surface area contributed by atoms with Crippen molar-refractivity contribution in [2.75, 3.05) is 6.26 Å². The van der Waals surface area contributed by atoms with Crippen molar-refractivity contribution < 1.29 is 0 Å². The highest BCUT2D eigenvalue weighted by molar-refractivity contribution is 8.02. The zero-order valence-electron chi connectivity index (χ0n) is 9.14. The predicted molar refractivity (Wildman–Crippen MR) is 67.6 cm³/mol. The second-order valence-electron chi connectivity index (χ2n) is 2.99. The minimum atomic E-state index is 0.436. The van der Waals surface area contributed by atoms with Gasteiger partial charge in [-0.1, -0.05) is 0 Å². The van der Waals surface area contributed by atoms with Crippen LogP contribution in [0.4, 0.5) is 0 Å². The molecule has 0 unspecified atom stereocenters. The minimum Gasteiger partial charge on any atom is -0.387 e. The molecule has 16 heavy (non-hydrogen) atoms. The number of rotatable bonds is 3. The lowest BCUT2D eigenvalue weighted by Gasteiger charge is -2.03. The number of pyridine rings is 1. The van der Waals surface area contributed by atoms with Crippen LogP contribution in [0.3, 0.4) is 0 Å². The van der Waals surface area contributed by atoms with Crippen LogP contribution in [-0.4, -0.2) is 17.1 Å². The fourth-order valence-electron chi connectivity index (χ4n) is 1.12. The van der Waals surface area contributed by atoms with Crippen LogP contribution in [0.25, 0.3) is 5.57 Å². The topological polar surface area (TPSA) is 75.1 Å². The smallest absolute Gasteiger partial charge is 0.116 e. The third-order valence-electron chi connectivity index (χ3n) is 1.77. The van der Waals surface area contributed by atoms with E-state index in [0.29, 0.717) is 16.4 Å². The summed E-state index contributed by atoms with van der Waals surface area (Å²) in [5.74, 6) is 0.436. The monoisotopic (exact) mass is 232 g/mol. The maximum atomic E-state index is 9.14. The molecule has 0 saturated heterocycles. The summed E-state index contributed by atoms with van der Waals surface area (Å²) in [7, 11) is 0. The van der Waals surface area contributed by atoms with Gasteiger partial charge in [0.1, 0.15) is 11.1 Å². The summed E-state index contributed by atoms with van der Waals surface area (Å²) >= 11 is 1.39. The van der Waals surface area contributed by atoms with Crippen LogP contribution in [0.15, 0.2) is 34.5 Å². The number of nitrogens with two attached hydrogens (primary N) is 1. The Balaban J connectivity index is 3.29. The van der Waals surface area contributed by atoms with Crippen LogP contribution in [0, 0.1) is 11.3 Å². The lowest BCUT2D eigenvalue weighted by atomic mass is 10.1. The van der Waals surface area contributed by atoms with Gasteiger partial charge >= 0.3 is 0 Å². The molecule has 1 heterocycles. The highest BCUT2D eigenvalue weighted by Gasteiger charge is 2.07. The molecule has 0 fully saturated rings.